The standard InChI is InChI=1S/C17H22ClNO2/c18-14-6-3-5-13(11-14)17(9-4-10-17)15(20)19-12-16(21)7-1-2-8-16/h3,5-6,11,21H,1-2,4,7-10,12H2,(H,19,20). The molecule has 0 atom stereocenters. The van der Waals surface area contributed by atoms with Crippen LogP contribution >= 0.6 is 11.6 Å². The molecule has 1 amide bonds. The average Bonchev–Trinajstić information content (AvgIpc) is 2.83. The van der Waals surface area contributed by atoms with E-state index in [0.29, 0.717) is 11.6 Å². The zero-order valence-corrected chi connectivity index (χ0v) is 13.0. The van der Waals surface area contributed by atoms with Gasteiger partial charge in [-0.15, -0.1) is 0 Å². The Balaban J connectivity index is 1.72. The maximum Gasteiger partial charge on any atom is 0.230 e. The Morgan fingerprint density at radius 3 is 2.48 bits per heavy atom. The minimum Gasteiger partial charge on any atom is -0.388 e. The van der Waals surface area contributed by atoms with Crippen LogP contribution in [0.3, 0.4) is 0 Å². The van der Waals surface area contributed by atoms with E-state index in [1.165, 1.54) is 0 Å². The third kappa shape index (κ3) is 2.82. The molecule has 114 valence electrons. The van der Waals surface area contributed by atoms with Crippen LogP contribution in [0.2, 0.25) is 5.02 Å². The molecule has 2 N–H and O–H groups in total. The van der Waals surface area contributed by atoms with Crippen LogP contribution in [-0.2, 0) is 10.2 Å². The molecule has 0 bridgehead atoms. The van der Waals surface area contributed by atoms with Gasteiger partial charge < -0.3 is 10.4 Å². The lowest BCUT2D eigenvalue weighted by atomic mass is 9.63. The SMILES string of the molecule is O=C(NCC1(O)CCCC1)C1(c2cccc(Cl)c2)CCC1. The Labute approximate surface area is 130 Å². The van der Waals surface area contributed by atoms with Crippen LogP contribution in [-0.4, -0.2) is 23.2 Å². The van der Waals surface area contributed by atoms with Gasteiger partial charge in [0.2, 0.25) is 5.91 Å². The van der Waals surface area contributed by atoms with Crippen molar-refractivity contribution in [2.75, 3.05) is 6.54 Å². The van der Waals surface area contributed by atoms with Crippen molar-refractivity contribution in [3.8, 4) is 0 Å². The van der Waals surface area contributed by atoms with Crippen LogP contribution in [0, 0.1) is 0 Å². The van der Waals surface area contributed by atoms with Gasteiger partial charge in [0.05, 0.1) is 11.0 Å². The molecule has 3 nitrogen and oxygen atoms in total. The number of rotatable bonds is 4. The van der Waals surface area contributed by atoms with E-state index >= 15 is 0 Å². The van der Waals surface area contributed by atoms with Crippen LogP contribution in [0.1, 0.15) is 50.5 Å². The van der Waals surface area contributed by atoms with Crippen molar-refractivity contribution in [1.82, 2.24) is 5.32 Å². The number of hydrogen-bond donors (Lipinski definition) is 2. The van der Waals surface area contributed by atoms with Gasteiger partial charge in [0.25, 0.3) is 0 Å². The normalized spacial score (nSPS) is 22.6. The minimum absolute atomic E-state index is 0.0383. The molecule has 21 heavy (non-hydrogen) atoms. The molecule has 2 saturated carbocycles. The van der Waals surface area contributed by atoms with Gasteiger partial charge in [-0.1, -0.05) is 43.0 Å². The summed E-state index contributed by atoms with van der Waals surface area (Å²) in [5, 5.41) is 14.0. The summed E-state index contributed by atoms with van der Waals surface area (Å²) in [6.45, 7) is 0.369. The first kappa shape index (κ1) is 14.9. The number of hydrogen-bond acceptors (Lipinski definition) is 2. The minimum atomic E-state index is -0.699. The number of carbonyl (C=O) groups excluding carboxylic acids is 1. The summed E-state index contributed by atoms with van der Waals surface area (Å²) in [6.07, 6.45) is 6.45. The van der Waals surface area contributed by atoms with Gasteiger partial charge >= 0.3 is 0 Å². The molecule has 3 rings (SSSR count). The third-order valence-corrected chi connectivity index (χ3v) is 5.37. The Morgan fingerprint density at radius 2 is 1.90 bits per heavy atom. The zero-order chi connectivity index (χ0) is 14.9. The van der Waals surface area contributed by atoms with Crippen molar-refractivity contribution in [2.45, 2.75) is 56.0 Å². The van der Waals surface area contributed by atoms with Crippen molar-refractivity contribution in [2.24, 2.45) is 0 Å². The van der Waals surface area contributed by atoms with Crippen LogP contribution < -0.4 is 5.32 Å². The number of halogens is 1. The summed E-state index contributed by atoms with van der Waals surface area (Å²) >= 11 is 6.07. The maximum absolute atomic E-state index is 12.7. The van der Waals surface area contributed by atoms with Crippen LogP contribution in [0.4, 0.5) is 0 Å². The second-order valence-corrected chi connectivity index (χ2v) is 7.00. The molecule has 0 unspecified atom stereocenters. The van der Waals surface area contributed by atoms with Crippen LogP contribution in [0.15, 0.2) is 24.3 Å². The van der Waals surface area contributed by atoms with E-state index in [1.807, 2.05) is 24.3 Å². The smallest absolute Gasteiger partial charge is 0.230 e. The number of amides is 1. The van der Waals surface area contributed by atoms with Crippen molar-refractivity contribution >= 4 is 17.5 Å². The monoisotopic (exact) mass is 307 g/mol. The Kier molecular flexibility index (Phi) is 3.98. The third-order valence-electron chi connectivity index (χ3n) is 5.13. The molecule has 0 radical (unpaired) electrons. The maximum atomic E-state index is 12.7. The number of aliphatic hydroxyl groups is 1. The lowest BCUT2D eigenvalue weighted by molar-refractivity contribution is -0.131. The van der Waals surface area contributed by atoms with E-state index < -0.39 is 11.0 Å². The summed E-state index contributed by atoms with van der Waals surface area (Å²) in [6, 6.07) is 7.60. The molecule has 2 aliphatic rings. The van der Waals surface area contributed by atoms with Gasteiger partial charge in [-0.3, -0.25) is 4.79 Å². The molecule has 1 aromatic rings. The summed E-state index contributed by atoms with van der Waals surface area (Å²) in [4.78, 5) is 12.7. The van der Waals surface area contributed by atoms with Gasteiger partial charge in [0.15, 0.2) is 0 Å². The number of nitrogens with one attached hydrogen (secondary N) is 1. The van der Waals surface area contributed by atoms with Crippen molar-refractivity contribution < 1.29 is 9.90 Å². The molecule has 0 heterocycles. The highest BCUT2D eigenvalue weighted by molar-refractivity contribution is 6.30. The summed E-state index contributed by atoms with van der Waals surface area (Å²) in [5.41, 5.74) is -0.147. The molecule has 1 aromatic carbocycles. The van der Waals surface area contributed by atoms with E-state index in [2.05, 4.69) is 5.32 Å². The fourth-order valence-electron chi connectivity index (χ4n) is 3.59. The van der Waals surface area contributed by atoms with Crippen molar-refractivity contribution in [3.63, 3.8) is 0 Å². The fraction of sp³-hybridized carbons (Fsp3) is 0.588. The Morgan fingerprint density at radius 1 is 1.19 bits per heavy atom. The van der Waals surface area contributed by atoms with Crippen molar-refractivity contribution in [1.29, 1.82) is 0 Å². The van der Waals surface area contributed by atoms with E-state index in [9.17, 15) is 9.90 Å². The first-order chi connectivity index (χ1) is 10.0. The molecule has 2 fully saturated rings. The van der Waals surface area contributed by atoms with Gasteiger partial charge in [0.1, 0.15) is 0 Å². The highest BCUT2D eigenvalue weighted by Gasteiger charge is 2.46. The lowest BCUT2D eigenvalue weighted by Crippen LogP contribution is -2.52. The molecule has 0 saturated heterocycles. The zero-order valence-electron chi connectivity index (χ0n) is 12.2. The summed E-state index contributed by atoms with van der Waals surface area (Å²) in [7, 11) is 0. The van der Waals surface area contributed by atoms with E-state index in [0.717, 1.165) is 50.5 Å². The largest absolute Gasteiger partial charge is 0.388 e. The van der Waals surface area contributed by atoms with E-state index in [4.69, 9.17) is 11.6 Å². The second kappa shape index (κ2) is 5.62. The topological polar surface area (TPSA) is 49.3 Å². The average molecular weight is 308 g/mol. The molecule has 4 heteroatoms. The molecular formula is C17H22ClNO2. The summed E-state index contributed by atoms with van der Waals surface area (Å²) < 4.78 is 0. The fourth-order valence-corrected chi connectivity index (χ4v) is 3.78. The van der Waals surface area contributed by atoms with Crippen molar-refractivity contribution in [3.05, 3.63) is 34.9 Å². The highest BCUT2D eigenvalue weighted by atomic mass is 35.5. The van der Waals surface area contributed by atoms with Gasteiger partial charge in [-0.05, 0) is 43.4 Å². The molecule has 2 aliphatic carbocycles. The number of benzene rings is 1. The molecular weight excluding hydrogens is 286 g/mol. The first-order valence-corrected chi connectivity index (χ1v) is 8.19. The summed E-state index contributed by atoms with van der Waals surface area (Å²) in [5.74, 6) is 0.0383. The van der Waals surface area contributed by atoms with Crippen LogP contribution in [0.25, 0.3) is 0 Å². The predicted octanol–water partition coefficient (Wildman–Crippen LogP) is 3.18. The van der Waals surface area contributed by atoms with E-state index in [-0.39, 0.29) is 5.91 Å². The Bertz CT molecular complexity index is 533. The van der Waals surface area contributed by atoms with Gasteiger partial charge in [-0.25, -0.2) is 0 Å². The molecule has 0 aliphatic heterocycles. The molecule has 0 aromatic heterocycles. The lowest BCUT2D eigenvalue weighted by Gasteiger charge is -2.41. The highest BCUT2D eigenvalue weighted by Crippen LogP contribution is 2.44. The second-order valence-electron chi connectivity index (χ2n) is 6.56. The Hall–Kier alpha value is -1.06. The van der Waals surface area contributed by atoms with Gasteiger partial charge in [0, 0.05) is 11.6 Å². The molecule has 0 spiro atoms. The van der Waals surface area contributed by atoms with Gasteiger partial charge in [-0.2, -0.15) is 0 Å². The predicted molar refractivity (Wildman–Crippen MR) is 83.4 cm³/mol. The van der Waals surface area contributed by atoms with E-state index in [1.54, 1.807) is 0 Å². The quantitative estimate of drug-likeness (QED) is 0.897. The first-order valence-electron chi connectivity index (χ1n) is 7.81. The van der Waals surface area contributed by atoms with Crippen LogP contribution in [0.5, 0.6) is 0 Å². The number of carbonyl (C=O) groups is 1.